The summed E-state index contributed by atoms with van der Waals surface area (Å²) >= 11 is 14.1. The highest BCUT2D eigenvalue weighted by Gasteiger charge is 2.14. The van der Waals surface area contributed by atoms with Crippen LogP contribution in [0, 0.1) is 0 Å². The van der Waals surface area contributed by atoms with E-state index in [9.17, 15) is 0 Å². The predicted octanol–water partition coefficient (Wildman–Crippen LogP) is 5.18. The molecule has 0 radical (unpaired) electrons. The molecule has 0 spiro atoms. The molecule has 0 aliphatic carbocycles. The van der Waals surface area contributed by atoms with Crippen LogP contribution >= 0.6 is 34.5 Å². The largest absolute Gasteiger partial charge is 0.216 e. The summed E-state index contributed by atoms with van der Waals surface area (Å²) in [5.74, 6) is 0.552. The summed E-state index contributed by atoms with van der Waals surface area (Å²) in [6.07, 6.45) is 0. The number of hydrogen-bond donors (Lipinski definition) is 0. The van der Waals surface area contributed by atoms with E-state index in [4.69, 9.17) is 23.2 Å². The van der Waals surface area contributed by atoms with Crippen molar-refractivity contribution in [2.24, 2.45) is 0 Å². The first-order valence-electron chi connectivity index (χ1n) is 5.57. The van der Waals surface area contributed by atoms with Crippen LogP contribution in [0.2, 0.25) is 10.3 Å². The smallest absolute Gasteiger partial charge is 0.163 e. The third kappa shape index (κ3) is 2.50. The Morgan fingerprint density at radius 2 is 1.53 bits per heavy atom. The molecular weight excluding hydrogens is 299 g/mol. The monoisotopic (exact) mass is 306 g/mol. The normalized spacial score (nSPS) is 10.6. The number of rotatable bonds is 2. The Hall–Kier alpha value is -1.42. The van der Waals surface area contributed by atoms with Gasteiger partial charge in [-0.3, -0.25) is 0 Å². The van der Waals surface area contributed by atoms with Crippen molar-refractivity contribution in [1.82, 2.24) is 9.97 Å². The quantitative estimate of drug-likeness (QED) is 0.610. The lowest BCUT2D eigenvalue weighted by Crippen LogP contribution is -1.93. The van der Waals surface area contributed by atoms with E-state index in [1.54, 1.807) is 11.3 Å². The van der Waals surface area contributed by atoms with Crippen molar-refractivity contribution in [2.75, 3.05) is 0 Å². The van der Waals surface area contributed by atoms with E-state index in [0.29, 0.717) is 21.7 Å². The SMILES string of the molecule is Clc1nc(-c2ccsc2)nc(Cl)c1-c1ccccc1. The van der Waals surface area contributed by atoms with Gasteiger partial charge in [0, 0.05) is 10.9 Å². The average Bonchev–Trinajstić information content (AvgIpc) is 2.93. The maximum absolute atomic E-state index is 6.25. The molecule has 94 valence electrons. The zero-order valence-electron chi connectivity index (χ0n) is 9.68. The van der Waals surface area contributed by atoms with Crippen molar-refractivity contribution in [3.8, 4) is 22.5 Å². The van der Waals surface area contributed by atoms with Gasteiger partial charge in [0.15, 0.2) is 5.82 Å². The molecule has 3 rings (SSSR count). The minimum Gasteiger partial charge on any atom is -0.216 e. The Morgan fingerprint density at radius 1 is 0.842 bits per heavy atom. The summed E-state index contributed by atoms with van der Waals surface area (Å²) < 4.78 is 0. The average molecular weight is 307 g/mol. The van der Waals surface area contributed by atoms with Crippen LogP contribution in [0.3, 0.4) is 0 Å². The van der Waals surface area contributed by atoms with Gasteiger partial charge in [0.2, 0.25) is 0 Å². The Morgan fingerprint density at radius 3 is 2.11 bits per heavy atom. The van der Waals surface area contributed by atoms with Gasteiger partial charge in [0.25, 0.3) is 0 Å². The molecule has 0 unspecified atom stereocenters. The van der Waals surface area contributed by atoms with Gasteiger partial charge in [-0.1, -0.05) is 53.5 Å². The summed E-state index contributed by atoms with van der Waals surface area (Å²) in [5.41, 5.74) is 2.51. The highest BCUT2D eigenvalue weighted by Crippen LogP contribution is 2.34. The zero-order valence-corrected chi connectivity index (χ0v) is 12.0. The lowest BCUT2D eigenvalue weighted by Gasteiger charge is -2.07. The van der Waals surface area contributed by atoms with Crippen LogP contribution in [-0.4, -0.2) is 9.97 Å². The first-order valence-corrected chi connectivity index (χ1v) is 7.26. The van der Waals surface area contributed by atoms with E-state index in [-0.39, 0.29) is 0 Å². The minimum absolute atomic E-state index is 0.368. The Bertz CT molecular complexity index is 674. The number of aromatic nitrogens is 2. The molecule has 0 bridgehead atoms. The molecule has 0 amide bonds. The second-order valence-corrected chi connectivity index (χ2v) is 5.38. The van der Waals surface area contributed by atoms with Crippen LogP contribution < -0.4 is 0 Å². The molecule has 1 aromatic carbocycles. The van der Waals surface area contributed by atoms with Crippen molar-refractivity contribution >= 4 is 34.5 Å². The fourth-order valence-electron chi connectivity index (χ4n) is 1.77. The van der Waals surface area contributed by atoms with Crippen molar-refractivity contribution in [3.63, 3.8) is 0 Å². The summed E-state index contributed by atoms with van der Waals surface area (Å²) in [6, 6.07) is 11.6. The molecule has 2 nitrogen and oxygen atoms in total. The number of thiophene rings is 1. The van der Waals surface area contributed by atoms with Crippen LogP contribution in [0.5, 0.6) is 0 Å². The molecule has 19 heavy (non-hydrogen) atoms. The fraction of sp³-hybridized carbons (Fsp3) is 0. The molecule has 0 saturated carbocycles. The predicted molar refractivity (Wildman–Crippen MR) is 80.8 cm³/mol. The molecular formula is C14H8Cl2N2S. The van der Waals surface area contributed by atoms with Gasteiger partial charge in [-0.25, -0.2) is 9.97 Å². The lowest BCUT2D eigenvalue weighted by molar-refractivity contribution is 1.18. The second-order valence-electron chi connectivity index (χ2n) is 3.88. The van der Waals surface area contributed by atoms with Gasteiger partial charge < -0.3 is 0 Å². The Kier molecular flexibility index (Phi) is 3.51. The van der Waals surface area contributed by atoms with Crippen LogP contribution in [0.1, 0.15) is 0 Å². The highest BCUT2D eigenvalue weighted by atomic mass is 35.5. The molecule has 2 aromatic heterocycles. The molecule has 0 aliphatic rings. The van der Waals surface area contributed by atoms with Crippen molar-refractivity contribution in [2.45, 2.75) is 0 Å². The van der Waals surface area contributed by atoms with Gasteiger partial charge >= 0.3 is 0 Å². The number of halogens is 2. The van der Waals surface area contributed by atoms with Gasteiger partial charge in [-0.15, -0.1) is 0 Å². The topological polar surface area (TPSA) is 25.8 Å². The zero-order chi connectivity index (χ0) is 13.2. The summed E-state index contributed by atoms with van der Waals surface area (Å²) in [5, 5.41) is 4.66. The van der Waals surface area contributed by atoms with Crippen molar-refractivity contribution in [3.05, 3.63) is 57.5 Å². The third-order valence-corrected chi connectivity index (χ3v) is 3.89. The first kappa shape index (κ1) is 12.6. The standard InChI is InChI=1S/C14H8Cl2N2S/c15-12-11(9-4-2-1-3-5-9)13(16)18-14(17-12)10-6-7-19-8-10/h1-8H. The van der Waals surface area contributed by atoms with Crippen LogP contribution in [0.4, 0.5) is 0 Å². The molecule has 0 N–H and O–H groups in total. The minimum atomic E-state index is 0.368. The van der Waals surface area contributed by atoms with E-state index in [2.05, 4.69) is 9.97 Å². The van der Waals surface area contributed by atoms with Gasteiger partial charge in [0.05, 0.1) is 5.56 Å². The maximum atomic E-state index is 6.25. The number of benzene rings is 1. The van der Waals surface area contributed by atoms with E-state index in [1.807, 2.05) is 47.2 Å². The summed E-state index contributed by atoms with van der Waals surface area (Å²) in [7, 11) is 0. The van der Waals surface area contributed by atoms with Crippen LogP contribution in [0.15, 0.2) is 47.2 Å². The first-order chi connectivity index (χ1) is 9.25. The van der Waals surface area contributed by atoms with Crippen LogP contribution in [-0.2, 0) is 0 Å². The molecule has 3 aromatic rings. The Labute approximate surface area is 124 Å². The maximum Gasteiger partial charge on any atom is 0.163 e. The molecule has 0 atom stereocenters. The molecule has 0 fully saturated rings. The van der Waals surface area contributed by atoms with E-state index in [0.717, 1.165) is 11.1 Å². The van der Waals surface area contributed by atoms with E-state index < -0.39 is 0 Å². The second kappa shape index (κ2) is 5.29. The molecule has 5 heteroatoms. The van der Waals surface area contributed by atoms with Gasteiger partial charge in [0.1, 0.15) is 10.3 Å². The van der Waals surface area contributed by atoms with E-state index in [1.165, 1.54) is 0 Å². The third-order valence-electron chi connectivity index (χ3n) is 2.66. The van der Waals surface area contributed by atoms with Gasteiger partial charge in [-0.05, 0) is 17.0 Å². The van der Waals surface area contributed by atoms with Gasteiger partial charge in [-0.2, -0.15) is 11.3 Å². The van der Waals surface area contributed by atoms with Crippen LogP contribution in [0.25, 0.3) is 22.5 Å². The summed E-state index contributed by atoms with van der Waals surface area (Å²) in [4.78, 5) is 8.66. The number of hydrogen-bond acceptors (Lipinski definition) is 3. The lowest BCUT2D eigenvalue weighted by atomic mass is 10.1. The molecule has 0 aliphatic heterocycles. The highest BCUT2D eigenvalue weighted by molar-refractivity contribution is 7.08. The van der Waals surface area contributed by atoms with Crippen molar-refractivity contribution in [1.29, 1.82) is 0 Å². The molecule has 0 saturated heterocycles. The Balaban J connectivity index is 2.14. The fourth-order valence-corrected chi connectivity index (χ4v) is 3.01. The van der Waals surface area contributed by atoms with E-state index >= 15 is 0 Å². The molecule has 2 heterocycles. The van der Waals surface area contributed by atoms with Crippen molar-refractivity contribution < 1.29 is 0 Å². The summed E-state index contributed by atoms with van der Waals surface area (Å²) in [6.45, 7) is 0. The number of nitrogens with zero attached hydrogens (tertiary/aromatic N) is 2.